The lowest BCUT2D eigenvalue weighted by molar-refractivity contribution is -0.146. The molecular weight excluding hydrogens is 451 g/mol. The maximum atomic E-state index is 13.7. The first-order valence-electron chi connectivity index (χ1n) is 10.5. The molecule has 0 bridgehead atoms. The Bertz CT molecular complexity index is 1330. The third-order valence-electron chi connectivity index (χ3n) is 6.08. The number of carbonyl (C=O) groups excluding carboxylic acids is 3. The highest BCUT2D eigenvalue weighted by Crippen LogP contribution is 2.39. The summed E-state index contributed by atoms with van der Waals surface area (Å²) < 4.78 is 41.9. The molecule has 1 atom stereocenters. The van der Waals surface area contributed by atoms with E-state index in [0.29, 0.717) is 22.3 Å². The summed E-state index contributed by atoms with van der Waals surface area (Å²) in [6, 6.07) is 7.20. The number of rotatable bonds is 3. The van der Waals surface area contributed by atoms with Crippen molar-refractivity contribution in [2.24, 2.45) is 7.05 Å². The number of pyridine rings is 1. The Balaban J connectivity index is 1.56. The molecule has 5 rings (SSSR count). The van der Waals surface area contributed by atoms with Crippen LogP contribution in [0.1, 0.15) is 34.6 Å². The van der Waals surface area contributed by atoms with Gasteiger partial charge in [0.15, 0.2) is 0 Å². The van der Waals surface area contributed by atoms with Crippen LogP contribution >= 0.6 is 0 Å². The highest BCUT2D eigenvalue weighted by molar-refractivity contribution is 6.05. The van der Waals surface area contributed by atoms with Crippen LogP contribution in [-0.4, -0.2) is 43.2 Å². The van der Waals surface area contributed by atoms with E-state index >= 15 is 0 Å². The highest BCUT2D eigenvalue weighted by Gasteiger charge is 2.40. The quantitative estimate of drug-likeness (QED) is 0.595. The number of nitrogens with zero attached hydrogens (tertiary/aromatic N) is 4. The average Bonchev–Trinajstić information content (AvgIpc) is 3.31. The molecule has 3 amide bonds. The van der Waals surface area contributed by atoms with Gasteiger partial charge in [-0.05, 0) is 36.2 Å². The van der Waals surface area contributed by atoms with Crippen LogP contribution in [0.25, 0.3) is 22.5 Å². The van der Waals surface area contributed by atoms with Crippen molar-refractivity contribution >= 4 is 17.7 Å². The maximum absolute atomic E-state index is 13.7. The van der Waals surface area contributed by atoms with Crippen LogP contribution in [0, 0.1) is 0 Å². The fourth-order valence-electron chi connectivity index (χ4n) is 4.51. The minimum absolute atomic E-state index is 0.107. The molecule has 1 fully saturated rings. The molecule has 1 saturated heterocycles. The topological polar surface area (TPSA) is 97.2 Å². The molecule has 0 aliphatic carbocycles. The Morgan fingerprint density at radius 3 is 2.59 bits per heavy atom. The Kier molecular flexibility index (Phi) is 4.99. The first-order valence-corrected chi connectivity index (χ1v) is 10.5. The van der Waals surface area contributed by atoms with Crippen molar-refractivity contribution in [3.05, 3.63) is 59.7 Å². The Labute approximate surface area is 191 Å². The van der Waals surface area contributed by atoms with E-state index in [9.17, 15) is 27.6 Å². The van der Waals surface area contributed by atoms with Gasteiger partial charge in [0.25, 0.3) is 5.91 Å². The van der Waals surface area contributed by atoms with E-state index in [0.717, 1.165) is 4.57 Å². The van der Waals surface area contributed by atoms with Gasteiger partial charge in [0.2, 0.25) is 17.6 Å². The largest absolute Gasteiger partial charge is 0.449 e. The fourth-order valence-corrected chi connectivity index (χ4v) is 4.51. The van der Waals surface area contributed by atoms with Crippen LogP contribution in [0.4, 0.5) is 13.2 Å². The first-order chi connectivity index (χ1) is 16.1. The van der Waals surface area contributed by atoms with E-state index in [1.165, 1.54) is 30.4 Å². The molecule has 8 nitrogen and oxygen atoms in total. The average molecular weight is 469 g/mol. The predicted octanol–water partition coefficient (Wildman–Crippen LogP) is 2.93. The third kappa shape index (κ3) is 3.53. The van der Waals surface area contributed by atoms with Crippen molar-refractivity contribution in [1.82, 2.24) is 24.8 Å². The minimum Gasteiger partial charge on any atom is -0.323 e. The fraction of sp³-hybridized carbons (Fsp3) is 0.261. The summed E-state index contributed by atoms with van der Waals surface area (Å²) in [6.07, 6.45) is -1.34. The minimum atomic E-state index is -4.67. The molecule has 2 aliphatic heterocycles. The van der Waals surface area contributed by atoms with Gasteiger partial charge in [0, 0.05) is 49.1 Å². The molecule has 11 heteroatoms. The maximum Gasteiger partial charge on any atom is 0.449 e. The zero-order valence-corrected chi connectivity index (χ0v) is 17.9. The second-order valence-electron chi connectivity index (χ2n) is 8.20. The van der Waals surface area contributed by atoms with Gasteiger partial charge in [-0.1, -0.05) is 6.07 Å². The Morgan fingerprint density at radius 1 is 1.12 bits per heavy atom. The van der Waals surface area contributed by atoms with Gasteiger partial charge in [0.05, 0.1) is 11.4 Å². The molecule has 2 aliphatic rings. The van der Waals surface area contributed by atoms with Gasteiger partial charge < -0.3 is 9.47 Å². The first kappa shape index (κ1) is 21.8. The summed E-state index contributed by atoms with van der Waals surface area (Å²) >= 11 is 0. The Morgan fingerprint density at radius 2 is 1.91 bits per heavy atom. The van der Waals surface area contributed by atoms with Crippen molar-refractivity contribution in [1.29, 1.82) is 0 Å². The van der Waals surface area contributed by atoms with Crippen molar-refractivity contribution in [3.8, 4) is 22.5 Å². The second kappa shape index (κ2) is 7.79. The third-order valence-corrected chi connectivity index (χ3v) is 6.08. The molecule has 4 heterocycles. The molecule has 1 unspecified atom stereocenters. The van der Waals surface area contributed by atoms with E-state index in [-0.39, 0.29) is 42.6 Å². The van der Waals surface area contributed by atoms with Gasteiger partial charge in [-0.2, -0.15) is 13.2 Å². The monoisotopic (exact) mass is 469 g/mol. The second-order valence-corrected chi connectivity index (χ2v) is 8.20. The number of fused-ring (bicyclic) bond motifs is 1. The van der Waals surface area contributed by atoms with Crippen LogP contribution < -0.4 is 5.32 Å². The van der Waals surface area contributed by atoms with Crippen LogP contribution in [-0.2, 0) is 29.4 Å². The van der Waals surface area contributed by atoms with E-state index < -0.39 is 23.9 Å². The van der Waals surface area contributed by atoms with E-state index in [2.05, 4.69) is 15.3 Å². The molecule has 174 valence electrons. The smallest absolute Gasteiger partial charge is 0.323 e. The number of halogens is 3. The molecule has 1 aromatic carbocycles. The van der Waals surface area contributed by atoms with Crippen molar-refractivity contribution in [3.63, 3.8) is 0 Å². The summed E-state index contributed by atoms with van der Waals surface area (Å²) in [5.74, 6) is -2.33. The number of piperidine rings is 1. The molecule has 2 aromatic heterocycles. The standard InChI is InChI=1S/C23H18F3N5O3/c1-30-19(13-3-2-8-27-10-13)18(29-22(30)23(24,25)26)12-4-5-15-14(9-12)11-31(21(15)34)16-6-7-17(32)28-20(16)33/h2-5,8-10,16H,6-7,11H2,1H3,(H,28,32,33). The number of amides is 3. The molecular formula is C23H18F3N5O3. The SMILES string of the molecule is Cn1c(C(F)(F)F)nc(-c2ccc3c(c2)CN(C2CCC(=O)NC2=O)C3=O)c1-c1cccnc1. The molecule has 1 N–H and O–H groups in total. The highest BCUT2D eigenvalue weighted by atomic mass is 19.4. The predicted molar refractivity (Wildman–Crippen MR) is 113 cm³/mol. The van der Waals surface area contributed by atoms with Crippen LogP contribution in [0.3, 0.4) is 0 Å². The van der Waals surface area contributed by atoms with Gasteiger partial charge in [-0.15, -0.1) is 0 Å². The molecule has 34 heavy (non-hydrogen) atoms. The number of hydrogen-bond donors (Lipinski definition) is 1. The van der Waals surface area contributed by atoms with Crippen LogP contribution in [0.2, 0.25) is 0 Å². The molecule has 0 radical (unpaired) electrons. The van der Waals surface area contributed by atoms with Gasteiger partial charge in [-0.3, -0.25) is 24.7 Å². The Hall–Kier alpha value is -4.02. The van der Waals surface area contributed by atoms with E-state index in [1.54, 1.807) is 24.3 Å². The summed E-state index contributed by atoms with van der Waals surface area (Å²) in [6.45, 7) is 0.107. The molecule has 3 aromatic rings. The van der Waals surface area contributed by atoms with Crippen molar-refractivity contribution in [2.45, 2.75) is 31.6 Å². The van der Waals surface area contributed by atoms with Gasteiger partial charge in [0.1, 0.15) is 6.04 Å². The van der Waals surface area contributed by atoms with E-state index in [1.807, 2.05) is 0 Å². The zero-order chi connectivity index (χ0) is 24.2. The van der Waals surface area contributed by atoms with Crippen molar-refractivity contribution in [2.75, 3.05) is 0 Å². The number of imidazole rings is 1. The van der Waals surface area contributed by atoms with Gasteiger partial charge in [-0.25, -0.2) is 4.98 Å². The van der Waals surface area contributed by atoms with Crippen LogP contribution in [0.15, 0.2) is 42.7 Å². The summed E-state index contributed by atoms with van der Waals surface area (Å²) in [5.41, 5.74) is 2.16. The number of benzene rings is 1. The van der Waals surface area contributed by atoms with Gasteiger partial charge >= 0.3 is 6.18 Å². The summed E-state index contributed by atoms with van der Waals surface area (Å²) in [5, 5.41) is 2.24. The lowest BCUT2D eigenvalue weighted by atomic mass is 10.0. The normalized spacial score (nSPS) is 18.3. The number of carbonyl (C=O) groups is 3. The molecule has 0 spiro atoms. The number of imide groups is 1. The molecule has 0 saturated carbocycles. The van der Waals surface area contributed by atoms with E-state index in [4.69, 9.17) is 0 Å². The summed E-state index contributed by atoms with van der Waals surface area (Å²) in [4.78, 5) is 46.0. The lowest BCUT2D eigenvalue weighted by Crippen LogP contribution is -2.52. The number of alkyl halides is 3. The lowest BCUT2D eigenvalue weighted by Gasteiger charge is -2.29. The number of nitrogens with one attached hydrogen (secondary N) is 1. The zero-order valence-electron chi connectivity index (χ0n) is 17.9. The number of hydrogen-bond acceptors (Lipinski definition) is 5. The van der Waals surface area contributed by atoms with Crippen LogP contribution in [0.5, 0.6) is 0 Å². The van der Waals surface area contributed by atoms with Crippen molar-refractivity contribution < 1.29 is 27.6 Å². The number of aromatic nitrogens is 3. The summed E-state index contributed by atoms with van der Waals surface area (Å²) in [7, 11) is 1.29.